The molecule has 0 radical (unpaired) electrons. The fourth-order valence-corrected chi connectivity index (χ4v) is 17.3. The number of rotatable bonds is 24. The highest BCUT2D eigenvalue weighted by atomic mass is 32.2. The van der Waals surface area contributed by atoms with Gasteiger partial charge in [0.1, 0.15) is 0 Å². The van der Waals surface area contributed by atoms with Gasteiger partial charge in [0.2, 0.25) is 40.1 Å². The molecule has 0 aliphatic rings. The fourth-order valence-electron chi connectivity index (χ4n) is 9.86. The lowest BCUT2D eigenvalue weighted by molar-refractivity contribution is 0.384. The first-order valence-corrected chi connectivity index (χ1v) is 29.4. The number of sulfonamides is 4. The lowest BCUT2D eigenvalue weighted by Crippen LogP contribution is -2.36. The van der Waals surface area contributed by atoms with Gasteiger partial charge in [-0.3, -0.25) is 0 Å². The van der Waals surface area contributed by atoms with Gasteiger partial charge in [-0.1, -0.05) is 96.8 Å². The summed E-state index contributed by atoms with van der Waals surface area (Å²) in [6, 6.07) is 14.8. The summed E-state index contributed by atoms with van der Waals surface area (Å²) in [4.78, 5) is 1.02. The number of nitrogens with zero attached hydrogens (tertiary/aromatic N) is 4. The molecule has 0 heterocycles. The third-order valence-electron chi connectivity index (χ3n) is 12.4. The molecule has 4 aromatic rings. The summed E-state index contributed by atoms with van der Waals surface area (Å²) in [5.41, 5.74) is 9.02. The molecule has 4 rings (SSSR count). The average molecular weight is 1010 g/mol. The maximum atomic E-state index is 14.6. The van der Waals surface area contributed by atoms with Gasteiger partial charge in [-0.15, -0.1) is 0 Å². The fraction of sp³-hybridized carbons (Fsp3) is 0.500. The molecule has 68 heavy (non-hydrogen) atoms. The normalized spacial score (nSPS) is 13.0. The number of aryl methyl sites for hydroxylation is 12. The predicted octanol–water partition coefficient (Wildman–Crippen LogP) is 9.61. The zero-order valence-electron chi connectivity index (χ0n) is 42.9. The molecule has 4 aromatic carbocycles. The van der Waals surface area contributed by atoms with Crippen molar-refractivity contribution in [3.8, 4) is 0 Å². The van der Waals surface area contributed by atoms with Crippen molar-refractivity contribution in [1.82, 2.24) is 17.2 Å². The number of hydrogen-bond acceptors (Lipinski definition) is 8. The molecule has 0 amide bonds. The maximum Gasteiger partial charge on any atom is 0.243 e. The molecule has 0 saturated heterocycles. The van der Waals surface area contributed by atoms with Gasteiger partial charge >= 0.3 is 0 Å². The van der Waals surface area contributed by atoms with E-state index in [1.54, 1.807) is 81.4 Å². The Morgan fingerprint density at radius 2 is 0.500 bits per heavy atom. The Bertz CT molecular complexity index is 2660. The monoisotopic (exact) mass is 1010 g/mol. The van der Waals surface area contributed by atoms with Crippen molar-refractivity contribution in [2.75, 3.05) is 52.4 Å². The van der Waals surface area contributed by atoms with E-state index in [0.717, 1.165) is 22.3 Å². The van der Waals surface area contributed by atoms with Crippen LogP contribution in [0.5, 0.6) is 0 Å². The van der Waals surface area contributed by atoms with Crippen LogP contribution in [0.4, 0.5) is 0 Å². The molecule has 0 unspecified atom stereocenters. The Kier molecular flexibility index (Phi) is 19.6. The van der Waals surface area contributed by atoms with E-state index in [-0.39, 0.29) is 62.1 Å². The Labute approximate surface area is 410 Å². The standard InChI is InChI=1S/C52H76N4O8S4/c1-15-53(65(57,58)49-41(7)29-37(3)30-42(49)8)23-17-19-25-55(67(61,62)51-45(11)33-39(5)34-46(51)12)27-21-22-28-56(68(63,64)52-47(13)35-40(6)36-48(52)14)26-20-18-24-54(16-2)66(59,60)50-43(9)31-38(4)32-44(50)10/h21-22,29-36H,15-20,23-28H2,1-14H3/b22-21-. The van der Waals surface area contributed by atoms with Crippen LogP contribution in [0.3, 0.4) is 0 Å². The number of unbranched alkanes of at least 4 members (excludes halogenated alkanes) is 2. The molecule has 0 aliphatic heterocycles. The van der Waals surface area contributed by atoms with E-state index in [0.29, 0.717) is 80.0 Å². The maximum absolute atomic E-state index is 14.6. The lowest BCUT2D eigenvalue weighted by atomic mass is 10.1. The van der Waals surface area contributed by atoms with E-state index in [1.165, 1.54) is 17.2 Å². The minimum absolute atomic E-state index is 0.0513. The molecule has 12 nitrogen and oxygen atoms in total. The minimum atomic E-state index is -4.06. The Balaban J connectivity index is 1.61. The highest BCUT2D eigenvalue weighted by Gasteiger charge is 2.31. The van der Waals surface area contributed by atoms with Gasteiger partial charge in [-0.05, 0) is 153 Å². The Hall–Kier alpha value is -3.74. The first-order chi connectivity index (χ1) is 31.6. The van der Waals surface area contributed by atoms with E-state index >= 15 is 0 Å². The highest BCUT2D eigenvalue weighted by molar-refractivity contribution is 7.90. The summed E-state index contributed by atoms with van der Waals surface area (Å²) in [5.74, 6) is 0. The molecule has 16 heteroatoms. The topological polar surface area (TPSA) is 150 Å². The van der Waals surface area contributed by atoms with Crippen molar-refractivity contribution in [2.24, 2.45) is 0 Å². The zero-order chi connectivity index (χ0) is 51.1. The van der Waals surface area contributed by atoms with Gasteiger partial charge in [0.15, 0.2) is 0 Å². The third kappa shape index (κ3) is 13.2. The second-order valence-electron chi connectivity index (χ2n) is 18.5. The summed E-state index contributed by atoms with van der Waals surface area (Å²) < 4.78 is 120. The molecule has 0 N–H and O–H groups in total. The SMILES string of the molecule is CCN(CCCCN(C/C=C\CN(CCCCN(CC)S(=O)(=O)c1c(C)cc(C)cc1C)S(=O)(=O)c1c(C)cc(C)cc1C)S(=O)(=O)c1c(C)cc(C)cc1C)S(=O)(=O)c1c(C)cc(C)cc1C. The highest BCUT2D eigenvalue weighted by Crippen LogP contribution is 2.30. The second-order valence-corrected chi connectivity index (χ2v) is 26.0. The zero-order valence-corrected chi connectivity index (χ0v) is 46.2. The van der Waals surface area contributed by atoms with E-state index in [2.05, 4.69) is 0 Å². The minimum Gasteiger partial charge on any atom is -0.207 e. The molecular weight excluding hydrogens is 937 g/mol. The summed E-state index contributed by atoms with van der Waals surface area (Å²) in [6.45, 7) is 26.6. The molecule has 0 aromatic heterocycles. The number of benzene rings is 4. The summed E-state index contributed by atoms with van der Waals surface area (Å²) >= 11 is 0. The van der Waals surface area contributed by atoms with Crippen LogP contribution >= 0.6 is 0 Å². The van der Waals surface area contributed by atoms with E-state index in [9.17, 15) is 33.7 Å². The van der Waals surface area contributed by atoms with Crippen LogP contribution in [0.1, 0.15) is 106 Å². The van der Waals surface area contributed by atoms with Crippen LogP contribution in [0.2, 0.25) is 0 Å². The van der Waals surface area contributed by atoms with Crippen molar-refractivity contribution in [3.05, 3.63) is 127 Å². The number of hydrogen-bond donors (Lipinski definition) is 0. The molecular formula is C52H76N4O8S4. The predicted molar refractivity (Wildman–Crippen MR) is 277 cm³/mol. The van der Waals surface area contributed by atoms with Crippen LogP contribution in [-0.4, -0.2) is 103 Å². The van der Waals surface area contributed by atoms with Crippen molar-refractivity contribution in [1.29, 1.82) is 0 Å². The Morgan fingerprint density at radius 1 is 0.324 bits per heavy atom. The van der Waals surface area contributed by atoms with E-state index in [1.807, 2.05) is 76.2 Å². The second kappa shape index (κ2) is 23.4. The smallest absolute Gasteiger partial charge is 0.207 e. The first kappa shape index (κ1) is 56.8. The van der Waals surface area contributed by atoms with Crippen molar-refractivity contribution in [2.45, 2.75) is 142 Å². The van der Waals surface area contributed by atoms with E-state index in [4.69, 9.17) is 0 Å². The Morgan fingerprint density at radius 3 is 0.691 bits per heavy atom. The van der Waals surface area contributed by atoms with Crippen LogP contribution in [0.25, 0.3) is 0 Å². The van der Waals surface area contributed by atoms with Gasteiger partial charge in [0, 0.05) is 52.4 Å². The molecule has 0 aliphatic carbocycles. The van der Waals surface area contributed by atoms with Crippen molar-refractivity contribution in [3.63, 3.8) is 0 Å². The molecule has 376 valence electrons. The van der Waals surface area contributed by atoms with Crippen LogP contribution in [0.15, 0.2) is 80.3 Å². The quantitative estimate of drug-likeness (QED) is 0.0498. The van der Waals surface area contributed by atoms with Gasteiger partial charge in [-0.2, -0.15) is 17.2 Å². The van der Waals surface area contributed by atoms with Gasteiger partial charge in [0.25, 0.3) is 0 Å². The van der Waals surface area contributed by atoms with Crippen LogP contribution < -0.4 is 0 Å². The van der Waals surface area contributed by atoms with E-state index < -0.39 is 40.1 Å². The third-order valence-corrected chi connectivity index (χ3v) is 21.3. The van der Waals surface area contributed by atoms with Gasteiger partial charge in [-0.25, -0.2) is 33.7 Å². The lowest BCUT2D eigenvalue weighted by Gasteiger charge is -2.26. The molecule has 0 fully saturated rings. The van der Waals surface area contributed by atoms with Crippen LogP contribution in [0, 0.1) is 83.1 Å². The van der Waals surface area contributed by atoms with Gasteiger partial charge in [0.05, 0.1) is 19.6 Å². The summed E-state index contributed by atoms with van der Waals surface area (Å²) in [5, 5.41) is 0. The van der Waals surface area contributed by atoms with Gasteiger partial charge < -0.3 is 0 Å². The average Bonchev–Trinajstić information content (AvgIpc) is 3.18. The van der Waals surface area contributed by atoms with Crippen molar-refractivity contribution >= 4 is 40.1 Å². The first-order valence-electron chi connectivity index (χ1n) is 23.6. The molecule has 0 bridgehead atoms. The molecule has 0 saturated carbocycles. The van der Waals surface area contributed by atoms with Crippen LogP contribution in [-0.2, 0) is 40.1 Å². The van der Waals surface area contributed by atoms with Crippen molar-refractivity contribution < 1.29 is 33.7 Å². The molecule has 0 atom stereocenters. The summed E-state index contributed by atoms with van der Waals surface area (Å²) in [6.07, 6.45) is 4.90. The molecule has 0 spiro atoms. The largest absolute Gasteiger partial charge is 0.243 e. The summed E-state index contributed by atoms with van der Waals surface area (Å²) in [7, 11) is -15.8.